The molecule has 7 heteroatoms. The molecular formula is C12H13F3O3S. The lowest BCUT2D eigenvalue weighted by Gasteiger charge is -2.22. The van der Waals surface area contributed by atoms with Crippen LogP contribution in [0.15, 0.2) is 29.2 Å². The zero-order valence-electron chi connectivity index (χ0n) is 10.6. The van der Waals surface area contributed by atoms with E-state index in [-0.39, 0.29) is 0 Å². The molecule has 0 saturated heterocycles. The van der Waals surface area contributed by atoms with E-state index in [0.29, 0.717) is 6.07 Å². The van der Waals surface area contributed by atoms with Crippen molar-refractivity contribution >= 4 is 15.6 Å². The minimum atomic E-state index is -4.63. The van der Waals surface area contributed by atoms with E-state index in [1.165, 1.54) is 13.8 Å². The highest BCUT2D eigenvalue weighted by Crippen LogP contribution is 2.33. The number of hydrogen-bond acceptors (Lipinski definition) is 3. The molecule has 1 aromatic rings. The smallest absolute Gasteiger partial charge is 0.298 e. The molecule has 0 radical (unpaired) electrons. The van der Waals surface area contributed by atoms with E-state index in [2.05, 4.69) is 0 Å². The van der Waals surface area contributed by atoms with Crippen LogP contribution in [0.4, 0.5) is 13.2 Å². The van der Waals surface area contributed by atoms with Gasteiger partial charge in [-0.25, -0.2) is 8.42 Å². The standard InChI is InChI=1S/C12H13F3O3S/c1-8(16)11(2,3)19(17,18)10-6-4-5-9(7-10)12(13,14)15/h4-7H,1-3H3. The van der Waals surface area contributed by atoms with Crippen LogP contribution in [0.2, 0.25) is 0 Å². The van der Waals surface area contributed by atoms with Crippen molar-refractivity contribution in [3.63, 3.8) is 0 Å². The summed E-state index contributed by atoms with van der Waals surface area (Å²) < 4.78 is 60.3. The van der Waals surface area contributed by atoms with Gasteiger partial charge in [-0.3, -0.25) is 4.79 Å². The van der Waals surface area contributed by atoms with Crippen molar-refractivity contribution in [1.29, 1.82) is 0 Å². The van der Waals surface area contributed by atoms with Crippen molar-refractivity contribution in [1.82, 2.24) is 0 Å². The molecule has 0 aliphatic carbocycles. The Morgan fingerprint density at radius 1 is 1.16 bits per heavy atom. The van der Waals surface area contributed by atoms with E-state index in [1.807, 2.05) is 0 Å². The van der Waals surface area contributed by atoms with Gasteiger partial charge in [-0.2, -0.15) is 13.2 Å². The lowest BCUT2D eigenvalue weighted by Crippen LogP contribution is -2.39. The average Bonchev–Trinajstić information content (AvgIpc) is 2.27. The fourth-order valence-corrected chi connectivity index (χ4v) is 2.83. The van der Waals surface area contributed by atoms with Gasteiger partial charge in [0.05, 0.1) is 10.5 Å². The fourth-order valence-electron chi connectivity index (χ4n) is 1.32. The molecule has 0 saturated carbocycles. The second-order valence-corrected chi connectivity index (χ2v) is 7.09. The summed E-state index contributed by atoms with van der Waals surface area (Å²) in [6.07, 6.45) is -4.63. The third-order valence-electron chi connectivity index (χ3n) is 2.99. The highest BCUT2D eigenvalue weighted by Gasteiger charge is 2.41. The number of carbonyl (C=O) groups excluding carboxylic acids is 1. The zero-order valence-corrected chi connectivity index (χ0v) is 11.4. The highest BCUT2D eigenvalue weighted by atomic mass is 32.2. The Morgan fingerprint density at radius 3 is 2.11 bits per heavy atom. The normalized spacial score (nSPS) is 13.4. The summed E-state index contributed by atoms with van der Waals surface area (Å²) >= 11 is 0. The molecule has 0 aliphatic rings. The largest absolute Gasteiger partial charge is 0.416 e. The summed E-state index contributed by atoms with van der Waals surface area (Å²) in [6.45, 7) is 3.43. The molecule has 0 atom stereocenters. The minimum Gasteiger partial charge on any atom is -0.298 e. The van der Waals surface area contributed by atoms with Crippen molar-refractivity contribution in [2.24, 2.45) is 0 Å². The Hall–Kier alpha value is -1.37. The third-order valence-corrected chi connectivity index (χ3v) is 5.50. The van der Waals surface area contributed by atoms with Crippen molar-refractivity contribution in [3.8, 4) is 0 Å². The number of halogens is 3. The van der Waals surface area contributed by atoms with Crippen molar-refractivity contribution in [3.05, 3.63) is 29.8 Å². The van der Waals surface area contributed by atoms with Gasteiger partial charge in [-0.1, -0.05) is 6.07 Å². The van der Waals surface area contributed by atoms with Gasteiger partial charge in [-0.05, 0) is 39.0 Å². The second-order valence-electron chi connectivity index (χ2n) is 4.60. The Morgan fingerprint density at radius 2 is 1.68 bits per heavy atom. The Kier molecular flexibility index (Phi) is 3.82. The molecule has 1 aromatic carbocycles. The lowest BCUT2D eigenvalue weighted by atomic mass is 10.1. The molecule has 106 valence electrons. The first-order valence-corrected chi connectivity index (χ1v) is 6.82. The molecule has 1 rings (SSSR count). The number of hydrogen-bond donors (Lipinski definition) is 0. The van der Waals surface area contributed by atoms with Crippen LogP contribution < -0.4 is 0 Å². The van der Waals surface area contributed by atoms with Gasteiger partial charge in [0.1, 0.15) is 4.75 Å². The van der Waals surface area contributed by atoms with Crippen molar-refractivity contribution < 1.29 is 26.4 Å². The Balaban J connectivity index is 3.44. The quantitative estimate of drug-likeness (QED) is 0.861. The number of rotatable bonds is 3. The van der Waals surface area contributed by atoms with Crippen LogP contribution in [-0.2, 0) is 20.8 Å². The molecular weight excluding hydrogens is 281 g/mol. The van der Waals surface area contributed by atoms with Crippen LogP contribution in [0.1, 0.15) is 26.3 Å². The minimum absolute atomic E-state index is 0.512. The third kappa shape index (κ3) is 2.80. The number of alkyl halides is 3. The lowest BCUT2D eigenvalue weighted by molar-refractivity contribution is -0.137. The Labute approximate surface area is 109 Å². The molecule has 0 N–H and O–H groups in total. The number of carbonyl (C=O) groups is 1. The van der Waals surface area contributed by atoms with Gasteiger partial charge in [0.25, 0.3) is 0 Å². The maximum absolute atomic E-state index is 12.5. The van der Waals surface area contributed by atoms with Crippen LogP contribution in [-0.4, -0.2) is 18.9 Å². The predicted octanol–water partition coefficient (Wildman–Crippen LogP) is 2.85. The molecule has 19 heavy (non-hydrogen) atoms. The maximum atomic E-state index is 12.5. The number of ketones is 1. The molecule has 0 unspecified atom stereocenters. The van der Waals surface area contributed by atoms with Crippen LogP contribution in [0.5, 0.6) is 0 Å². The molecule has 0 spiro atoms. The zero-order chi connectivity index (χ0) is 15.1. The summed E-state index contributed by atoms with van der Waals surface area (Å²) in [7, 11) is -4.17. The fraction of sp³-hybridized carbons (Fsp3) is 0.417. The topological polar surface area (TPSA) is 51.2 Å². The number of Topliss-reactive ketones (excluding diaryl/α,β-unsaturated/α-hetero) is 1. The SMILES string of the molecule is CC(=O)C(C)(C)S(=O)(=O)c1cccc(C(F)(F)F)c1. The van der Waals surface area contributed by atoms with Crippen LogP contribution >= 0.6 is 0 Å². The first-order valence-electron chi connectivity index (χ1n) is 5.33. The summed E-state index contributed by atoms with van der Waals surface area (Å²) in [5, 5.41) is 0. The van der Waals surface area contributed by atoms with Crippen LogP contribution in [0.25, 0.3) is 0 Å². The molecule has 0 amide bonds. The monoisotopic (exact) mass is 294 g/mol. The second kappa shape index (κ2) is 4.63. The molecule has 0 heterocycles. The van der Waals surface area contributed by atoms with Gasteiger partial charge in [0.2, 0.25) is 0 Å². The first kappa shape index (κ1) is 15.7. The summed E-state index contributed by atoms with van der Waals surface area (Å²) in [4.78, 5) is 10.9. The van der Waals surface area contributed by atoms with Gasteiger partial charge >= 0.3 is 6.18 Å². The van der Waals surface area contributed by atoms with E-state index in [1.54, 1.807) is 0 Å². The van der Waals surface area contributed by atoms with E-state index in [0.717, 1.165) is 25.1 Å². The van der Waals surface area contributed by atoms with Crippen molar-refractivity contribution in [2.45, 2.75) is 36.6 Å². The Bertz CT molecular complexity index is 601. The number of sulfone groups is 1. The summed E-state index contributed by atoms with van der Waals surface area (Å²) in [5.74, 6) is -0.634. The van der Waals surface area contributed by atoms with Crippen molar-refractivity contribution in [2.75, 3.05) is 0 Å². The summed E-state index contributed by atoms with van der Waals surface area (Å²) in [5.41, 5.74) is -1.06. The van der Waals surface area contributed by atoms with Gasteiger partial charge in [0, 0.05) is 0 Å². The molecule has 0 fully saturated rings. The molecule has 3 nitrogen and oxygen atoms in total. The van der Waals surface area contributed by atoms with Crippen LogP contribution in [0.3, 0.4) is 0 Å². The molecule has 0 aliphatic heterocycles. The highest BCUT2D eigenvalue weighted by molar-refractivity contribution is 7.93. The predicted molar refractivity (Wildman–Crippen MR) is 63.4 cm³/mol. The number of benzene rings is 1. The molecule has 0 bridgehead atoms. The maximum Gasteiger partial charge on any atom is 0.416 e. The van der Waals surface area contributed by atoms with E-state index < -0.39 is 37.0 Å². The van der Waals surface area contributed by atoms with Gasteiger partial charge in [-0.15, -0.1) is 0 Å². The molecule has 0 aromatic heterocycles. The van der Waals surface area contributed by atoms with E-state index >= 15 is 0 Å². The van der Waals surface area contributed by atoms with Gasteiger partial charge in [0.15, 0.2) is 15.6 Å². The average molecular weight is 294 g/mol. The van der Waals surface area contributed by atoms with Gasteiger partial charge < -0.3 is 0 Å². The summed E-state index contributed by atoms with van der Waals surface area (Å²) in [6, 6.07) is 3.38. The first-order chi connectivity index (χ1) is 8.40. The van der Waals surface area contributed by atoms with E-state index in [9.17, 15) is 26.4 Å². The van der Waals surface area contributed by atoms with Crippen LogP contribution in [0, 0.1) is 0 Å². The van der Waals surface area contributed by atoms with E-state index in [4.69, 9.17) is 0 Å².